The Morgan fingerprint density at radius 2 is 1.35 bits per heavy atom. The largest absolute Gasteiger partial charge is 0.445 e. The second-order valence-corrected chi connectivity index (χ2v) is 12.5. The highest BCUT2D eigenvalue weighted by Crippen LogP contribution is 2.30. The van der Waals surface area contributed by atoms with Gasteiger partial charge < -0.3 is 31.1 Å². The maximum Gasteiger partial charge on any atom is 0.407 e. The lowest BCUT2D eigenvalue weighted by Crippen LogP contribution is -2.43. The van der Waals surface area contributed by atoms with Crippen LogP contribution < -0.4 is 21.3 Å². The van der Waals surface area contributed by atoms with Gasteiger partial charge in [-0.1, -0.05) is 103 Å². The molecule has 0 fully saturated rings. The van der Waals surface area contributed by atoms with Crippen LogP contribution in [0.15, 0.2) is 133 Å². The standard InChI is InChI=1S/C43H42N4O7/c1-29(48)45-38(23-13-14-26-44-43(53)54-28-30-15-5-2-6-16-30)42(52)46-33-24-25-34(36(27-33)31-17-7-3-8-18-31)41(51)47-37-22-12-11-21-35(37)40(50)39(49)32-19-9-4-10-20-32/h2-12,15-22,24-25,27,38-39,49H,13-14,23,26,28H2,1H3,(H,44,53)(H,45,48)(H,46,52)(H,47,51)/t38-,39?/m0/s1. The summed E-state index contributed by atoms with van der Waals surface area (Å²) >= 11 is 0. The van der Waals surface area contributed by atoms with Gasteiger partial charge in [0.15, 0.2) is 5.78 Å². The molecule has 0 heterocycles. The Kier molecular flexibility index (Phi) is 13.8. The number of hydrogen-bond donors (Lipinski definition) is 5. The monoisotopic (exact) mass is 726 g/mol. The van der Waals surface area contributed by atoms with Crippen molar-refractivity contribution in [2.24, 2.45) is 0 Å². The molecule has 0 spiro atoms. The van der Waals surface area contributed by atoms with Crippen molar-refractivity contribution in [1.82, 2.24) is 10.6 Å². The molecule has 0 aromatic heterocycles. The maximum atomic E-state index is 13.8. The molecule has 0 aliphatic rings. The zero-order valence-electron chi connectivity index (χ0n) is 29.8. The van der Waals surface area contributed by atoms with Crippen molar-refractivity contribution in [2.45, 2.75) is 44.9 Å². The van der Waals surface area contributed by atoms with Gasteiger partial charge in [0, 0.05) is 30.3 Å². The number of unbranched alkanes of at least 4 members (excludes halogenated alkanes) is 1. The second kappa shape index (κ2) is 19.3. The van der Waals surface area contributed by atoms with E-state index in [1.807, 2.05) is 60.7 Å². The lowest BCUT2D eigenvalue weighted by Gasteiger charge is -2.19. The Morgan fingerprint density at radius 3 is 2.06 bits per heavy atom. The highest BCUT2D eigenvalue weighted by Gasteiger charge is 2.24. The summed E-state index contributed by atoms with van der Waals surface area (Å²) in [5.74, 6) is -1.88. The van der Waals surface area contributed by atoms with Gasteiger partial charge in [-0.25, -0.2) is 4.79 Å². The first-order valence-corrected chi connectivity index (χ1v) is 17.6. The topological polar surface area (TPSA) is 163 Å². The van der Waals surface area contributed by atoms with E-state index < -0.39 is 35.8 Å². The van der Waals surface area contributed by atoms with Gasteiger partial charge in [-0.3, -0.25) is 19.2 Å². The summed E-state index contributed by atoms with van der Waals surface area (Å²) in [4.78, 5) is 64.7. The van der Waals surface area contributed by atoms with E-state index in [0.717, 1.165) is 5.56 Å². The normalized spacial score (nSPS) is 11.7. The highest BCUT2D eigenvalue weighted by atomic mass is 16.5. The average molecular weight is 727 g/mol. The number of rotatable bonds is 16. The van der Waals surface area contributed by atoms with Gasteiger partial charge in [-0.05, 0) is 71.8 Å². The van der Waals surface area contributed by atoms with E-state index in [9.17, 15) is 29.1 Å². The molecule has 4 amide bonds. The van der Waals surface area contributed by atoms with Gasteiger partial charge >= 0.3 is 6.09 Å². The number of carbonyl (C=O) groups is 5. The molecule has 0 aliphatic carbocycles. The first-order chi connectivity index (χ1) is 26.2. The van der Waals surface area contributed by atoms with Crippen LogP contribution >= 0.6 is 0 Å². The molecule has 276 valence electrons. The zero-order valence-corrected chi connectivity index (χ0v) is 29.8. The second-order valence-electron chi connectivity index (χ2n) is 12.5. The lowest BCUT2D eigenvalue weighted by atomic mass is 9.97. The number of anilines is 2. The van der Waals surface area contributed by atoms with E-state index >= 15 is 0 Å². The molecule has 0 bridgehead atoms. The number of nitrogens with one attached hydrogen (secondary N) is 4. The van der Waals surface area contributed by atoms with E-state index in [4.69, 9.17) is 4.74 Å². The lowest BCUT2D eigenvalue weighted by molar-refractivity contribution is -0.125. The minimum atomic E-state index is -1.42. The van der Waals surface area contributed by atoms with Gasteiger partial charge in [-0.2, -0.15) is 0 Å². The molecule has 1 unspecified atom stereocenters. The van der Waals surface area contributed by atoms with Gasteiger partial charge in [0.05, 0.1) is 5.69 Å². The number of Topliss-reactive ketones (excluding diaryl/α,β-unsaturated/α-hetero) is 1. The smallest absolute Gasteiger partial charge is 0.407 e. The molecule has 0 radical (unpaired) electrons. The molecule has 0 saturated carbocycles. The van der Waals surface area contributed by atoms with Crippen LogP contribution in [0.1, 0.15) is 64.1 Å². The van der Waals surface area contributed by atoms with Crippen LogP contribution in [-0.4, -0.2) is 47.3 Å². The predicted molar refractivity (Wildman–Crippen MR) is 207 cm³/mol. The fraction of sp³-hybridized carbons (Fsp3) is 0.186. The van der Waals surface area contributed by atoms with Crippen LogP contribution in [0.2, 0.25) is 0 Å². The first-order valence-electron chi connectivity index (χ1n) is 17.6. The summed E-state index contributed by atoms with van der Waals surface area (Å²) < 4.78 is 5.23. The number of aliphatic hydroxyl groups excluding tert-OH is 1. The summed E-state index contributed by atoms with van der Waals surface area (Å²) in [6.07, 6.45) is -0.570. The number of para-hydroxylation sites is 1. The van der Waals surface area contributed by atoms with Gasteiger partial charge in [-0.15, -0.1) is 0 Å². The molecule has 0 saturated heterocycles. The molecule has 5 aromatic rings. The fourth-order valence-corrected chi connectivity index (χ4v) is 5.79. The SMILES string of the molecule is CC(=O)N[C@@H](CCCCNC(=O)OCc1ccccc1)C(=O)Nc1ccc(C(=O)Nc2ccccc2C(=O)C(O)c2ccccc2)c(-c2ccccc2)c1. The van der Waals surface area contributed by atoms with Crippen molar-refractivity contribution in [1.29, 1.82) is 0 Å². The summed E-state index contributed by atoms with van der Waals surface area (Å²) in [7, 11) is 0. The molecule has 0 aliphatic heterocycles. The van der Waals surface area contributed by atoms with E-state index in [0.29, 0.717) is 48.2 Å². The molecule has 54 heavy (non-hydrogen) atoms. The van der Waals surface area contributed by atoms with Crippen molar-refractivity contribution >= 4 is 41.0 Å². The minimum absolute atomic E-state index is 0.148. The number of alkyl carbamates (subject to hydrolysis) is 1. The van der Waals surface area contributed by atoms with Crippen LogP contribution in [0.5, 0.6) is 0 Å². The molecular weight excluding hydrogens is 684 g/mol. The minimum Gasteiger partial charge on any atom is -0.445 e. The Morgan fingerprint density at radius 1 is 0.704 bits per heavy atom. The number of hydrogen-bond acceptors (Lipinski definition) is 7. The average Bonchev–Trinajstić information content (AvgIpc) is 3.20. The number of amides is 4. The van der Waals surface area contributed by atoms with Crippen LogP contribution in [0.4, 0.5) is 16.2 Å². The summed E-state index contributed by atoms with van der Waals surface area (Å²) in [6, 6.07) is 37.5. The third-order valence-corrected chi connectivity index (χ3v) is 8.52. The van der Waals surface area contributed by atoms with Crippen LogP contribution in [0.25, 0.3) is 11.1 Å². The van der Waals surface area contributed by atoms with Crippen LogP contribution in [0, 0.1) is 0 Å². The van der Waals surface area contributed by atoms with Crippen LogP contribution in [-0.2, 0) is 20.9 Å². The summed E-state index contributed by atoms with van der Waals surface area (Å²) in [5, 5.41) is 21.9. The Hall–Kier alpha value is -6.59. The quantitative estimate of drug-likeness (QED) is 0.0537. The molecule has 5 aromatic carbocycles. The van der Waals surface area contributed by atoms with Gasteiger partial charge in [0.25, 0.3) is 5.91 Å². The molecule has 11 heteroatoms. The van der Waals surface area contributed by atoms with E-state index in [1.165, 1.54) is 6.92 Å². The number of carbonyl (C=O) groups excluding carboxylic acids is 5. The summed E-state index contributed by atoms with van der Waals surface area (Å²) in [6.45, 7) is 1.82. The predicted octanol–water partition coefficient (Wildman–Crippen LogP) is 7.06. The third kappa shape index (κ3) is 11.0. The molecule has 11 nitrogen and oxygen atoms in total. The Balaban J connectivity index is 1.25. The number of ether oxygens (including phenoxy) is 1. The van der Waals surface area contributed by atoms with Crippen molar-refractivity contribution in [2.75, 3.05) is 17.2 Å². The fourth-order valence-electron chi connectivity index (χ4n) is 5.79. The highest BCUT2D eigenvalue weighted by molar-refractivity contribution is 6.13. The Bertz CT molecular complexity index is 2060. The van der Waals surface area contributed by atoms with Crippen molar-refractivity contribution in [3.05, 3.63) is 156 Å². The van der Waals surface area contributed by atoms with Crippen LogP contribution in [0.3, 0.4) is 0 Å². The van der Waals surface area contributed by atoms with E-state index in [2.05, 4.69) is 21.3 Å². The first kappa shape index (κ1) is 38.6. The van der Waals surface area contributed by atoms with Crippen molar-refractivity contribution < 1.29 is 33.8 Å². The zero-order chi connectivity index (χ0) is 38.3. The van der Waals surface area contributed by atoms with Gasteiger partial charge in [0.2, 0.25) is 11.8 Å². The third-order valence-electron chi connectivity index (χ3n) is 8.52. The molecular formula is C43H42N4O7. The number of benzene rings is 5. The van der Waals surface area contributed by atoms with Crippen molar-refractivity contribution in [3.8, 4) is 11.1 Å². The van der Waals surface area contributed by atoms with E-state index in [1.54, 1.807) is 72.8 Å². The van der Waals surface area contributed by atoms with Gasteiger partial charge in [0.1, 0.15) is 18.8 Å². The maximum absolute atomic E-state index is 13.8. The number of ketones is 1. The van der Waals surface area contributed by atoms with E-state index in [-0.39, 0.29) is 29.3 Å². The molecule has 5 N–H and O–H groups in total. The van der Waals surface area contributed by atoms with Crippen molar-refractivity contribution in [3.63, 3.8) is 0 Å². The molecule has 2 atom stereocenters. The summed E-state index contributed by atoms with van der Waals surface area (Å²) in [5.41, 5.74) is 3.58. The molecule has 5 rings (SSSR count). The number of aliphatic hydroxyl groups is 1. The Labute approximate surface area is 313 Å².